The zero-order chi connectivity index (χ0) is 41.2. The average molecular weight is 839 g/mol. The third-order valence-corrected chi connectivity index (χ3v) is 14.7. The number of hydrogen-bond acceptors (Lipinski definition) is 12. The van der Waals surface area contributed by atoms with Gasteiger partial charge in [0.25, 0.3) is 0 Å². The Balaban J connectivity index is 1.22. The summed E-state index contributed by atoms with van der Waals surface area (Å²) in [4.78, 5) is 72.0. The second-order valence-corrected chi connectivity index (χ2v) is 18.2. The van der Waals surface area contributed by atoms with E-state index < -0.39 is 48.2 Å². The predicted molar refractivity (Wildman–Crippen MR) is 223 cm³/mol. The molecular formula is C43H58N4O9S2. The van der Waals surface area contributed by atoms with Crippen molar-refractivity contribution in [2.45, 2.75) is 118 Å². The number of piperidine rings is 2. The molecule has 3 N–H and O–H groups in total. The number of carbonyl (C=O) groups excluding carboxylic acids is 5. The Kier molecular flexibility index (Phi) is 15.8. The molecule has 9 atom stereocenters. The Bertz CT molecular complexity index is 1720. The van der Waals surface area contributed by atoms with E-state index in [0.29, 0.717) is 68.6 Å². The number of aliphatic hydroxyl groups is 1. The van der Waals surface area contributed by atoms with E-state index in [1.54, 1.807) is 35.5 Å². The first-order valence-corrected chi connectivity index (χ1v) is 22.7. The Morgan fingerprint density at radius 1 is 0.724 bits per heavy atom. The van der Waals surface area contributed by atoms with Gasteiger partial charge in [-0.3, -0.25) is 24.1 Å². The van der Waals surface area contributed by atoms with E-state index in [4.69, 9.17) is 14.2 Å². The molecule has 2 aromatic carbocycles. The molecule has 0 spiro atoms. The lowest BCUT2D eigenvalue weighted by Gasteiger charge is -2.43. The highest BCUT2D eigenvalue weighted by Crippen LogP contribution is 2.37. The summed E-state index contributed by atoms with van der Waals surface area (Å²) in [5.74, 6) is -0.703. The zero-order valence-corrected chi connectivity index (χ0v) is 35.3. The monoisotopic (exact) mass is 838 g/mol. The summed E-state index contributed by atoms with van der Waals surface area (Å²) in [6.07, 6.45) is 5.73. The van der Waals surface area contributed by atoms with E-state index in [9.17, 15) is 29.1 Å². The smallest absolute Gasteiger partial charge is 0.328 e. The fourth-order valence-electron chi connectivity index (χ4n) is 8.86. The number of nitrogens with zero attached hydrogens (tertiary/aromatic N) is 2. The molecule has 15 heteroatoms. The van der Waals surface area contributed by atoms with Crippen LogP contribution in [-0.2, 0) is 46.3 Å². The summed E-state index contributed by atoms with van der Waals surface area (Å²) in [5, 5.41) is 17.8. The van der Waals surface area contributed by atoms with Crippen molar-refractivity contribution in [2.24, 2.45) is 11.8 Å². The van der Waals surface area contributed by atoms with Crippen LogP contribution in [0.15, 0.2) is 54.6 Å². The van der Waals surface area contributed by atoms with Gasteiger partial charge in [0.05, 0.1) is 38.1 Å². The average Bonchev–Trinajstić information content (AvgIpc) is 3.51. The number of rotatable bonds is 14. The van der Waals surface area contributed by atoms with Crippen LogP contribution < -0.4 is 15.4 Å². The lowest BCUT2D eigenvalue weighted by atomic mass is 9.86. The first kappa shape index (κ1) is 43.8. The molecule has 0 bridgehead atoms. The molecule has 2 aromatic rings. The number of ether oxygens (including phenoxy) is 3. The second kappa shape index (κ2) is 20.9. The maximum Gasteiger partial charge on any atom is 0.328 e. The van der Waals surface area contributed by atoms with Crippen LogP contribution in [-0.4, -0.2) is 119 Å². The Hall–Kier alpha value is -3.79. The Labute approximate surface area is 350 Å². The number of amides is 3. The fourth-order valence-corrected chi connectivity index (χ4v) is 11.7. The molecule has 0 aromatic heterocycles. The van der Waals surface area contributed by atoms with Gasteiger partial charge in [-0.05, 0) is 112 Å². The minimum atomic E-state index is -1.08. The minimum absolute atomic E-state index is 0.0572. The van der Waals surface area contributed by atoms with E-state index in [1.165, 1.54) is 14.2 Å². The highest BCUT2D eigenvalue weighted by Gasteiger charge is 2.46. The second-order valence-electron chi connectivity index (χ2n) is 15.7. The van der Waals surface area contributed by atoms with Crippen LogP contribution in [0.2, 0.25) is 0 Å². The van der Waals surface area contributed by atoms with Crippen molar-refractivity contribution in [3.63, 3.8) is 0 Å². The first-order valence-electron chi connectivity index (χ1n) is 20.6. The summed E-state index contributed by atoms with van der Waals surface area (Å²) in [6, 6.07) is 14.6. The van der Waals surface area contributed by atoms with Gasteiger partial charge in [-0.15, -0.1) is 23.5 Å². The predicted octanol–water partition coefficient (Wildman–Crippen LogP) is 4.29. The van der Waals surface area contributed by atoms with Gasteiger partial charge in [-0.2, -0.15) is 0 Å². The molecule has 9 unspecified atom stereocenters. The van der Waals surface area contributed by atoms with Crippen LogP contribution in [0.25, 0.3) is 0 Å². The van der Waals surface area contributed by atoms with E-state index in [1.807, 2.05) is 59.5 Å². The Morgan fingerprint density at radius 2 is 1.29 bits per heavy atom. The quantitative estimate of drug-likeness (QED) is 0.232. The SMILES string of the molecule is COC(=O)C1CCCC2SCCC(NC(=O)C(CCC(Cc3ccccc3)C(=O)NC3CCSC4CCCC(C(=O)OC)N4C3O)Cc3ccc(OC)cc3)C(=O)N21. The van der Waals surface area contributed by atoms with Gasteiger partial charge in [0.2, 0.25) is 17.7 Å². The molecule has 0 radical (unpaired) electrons. The molecule has 58 heavy (non-hydrogen) atoms. The summed E-state index contributed by atoms with van der Waals surface area (Å²) in [7, 11) is 4.28. The maximum absolute atomic E-state index is 14.4. The molecule has 6 rings (SSSR count). The van der Waals surface area contributed by atoms with Crippen LogP contribution in [0.5, 0.6) is 5.75 Å². The van der Waals surface area contributed by atoms with E-state index in [2.05, 4.69) is 10.6 Å². The maximum atomic E-state index is 14.4. The van der Waals surface area contributed by atoms with Gasteiger partial charge in [0.15, 0.2) is 0 Å². The van der Waals surface area contributed by atoms with Gasteiger partial charge in [-0.1, -0.05) is 42.5 Å². The fraction of sp³-hybridized carbons (Fsp3) is 0.605. The molecule has 316 valence electrons. The third kappa shape index (κ3) is 10.7. The van der Waals surface area contributed by atoms with Crippen molar-refractivity contribution < 1.29 is 43.3 Å². The highest BCUT2D eigenvalue weighted by atomic mass is 32.2. The van der Waals surface area contributed by atoms with Crippen molar-refractivity contribution in [3.05, 3.63) is 65.7 Å². The lowest BCUT2D eigenvalue weighted by Crippen LogP contribution is -2.60. The minimum Gasteiger partial charge on any atom is -0.497 e. The number of methoxy groups -OCH3 is 3. The number of nitrogens with one attached hydrogen (secondary N) is 2. The number of carbonyl (C=O) groups is 5. The van der Waals surface area contributed by atoms with Gasteiger partial charge < -0.3 is 34.9 Å². The molecule has 0 aliphatic carbocycles. The van der Waals surface area contributed by atoms with Crippen molar-refractivity contribution in [3.8, 4) is 5.75 Å². The summed E-state index contributed by atoms with van der Waals surface area (Å²) >= 11 is 3.33. The van der Waals surface area contributed by atoms with Crippen molar-refractivity contribution in [1.82, 2.24) is 20.4 Å². The topological polar surface area (TPSA) is 164 Å². The number of thioether (sulfide) groups is 2. The van der Waals surface area contributed by atoms with Gasteiger partial charge in [0.1, 0.15) is 30.1 Å². The highest BCUT2D eigenvalue weighted by molar-refractivity contribution is 8.00. The van der Waals surface area contributed by atoms with Crippen molar-refractivity contribution in [2.75, 3.05) is 32.8 Å². The van der Waals surface area contributed by atoms with Crippen LogP contribution in [0, 0.1) is 11.8 Å². The van der Waals surface area contributed by atoms with Gasteiger partial charge in [0, 0.05) is 11.8 Å². The van der Waals surface area contributed by atoms with Gasteiger partial charge in [-0.25, -0.2) is 4.79 Å². The normalized spacial score (nSPS) is 27.3. The van der Waals surface area contributed by atoms with Crippen LogP contribution in [0.3, 0.4) is 0 Å². The molecule has 3 amide bonds. The molecule has 0 saturated carbocycles. The summed E-state index contributed by atoms with van der Waals surface area (Å²) < 4.78 is 15.6. The third-order valence-electron chi connectivity index (χ3n) is 12.0. The van der Waals surface area contributed by atoms with E-state index >= 15 is 0 Å². The number of fused-ring (bicyclic) bond motifs is 2. The molecule has 4 saturated heterocycles. The zero-order valence-electron chi connectivity index (χ0n) is 33.7. The molecular weight excluding hydrogens is 781 g/mol. The van der Waals surface area contributed by atoms with Crippen LogP contribution >= 0.6 is 23.5 Å². The number of aliphatic hydroxyl groups excluding tert-OH is 1. The summed E-state index contributed by atoms with van der Waals surface area (Å²) in [5.41, 5.74) is 1.88. The largest absolute Gasteiger partial charge is 0.497 e. The summed E-state index contributed by atoms with van der Waals surface area (Å²) in [6.45, 7) is 0. The van der Waals surface area contributed by atoms with Crippen LogP contribution in [0.4, 0.5) is 0 Å². The lowest BCUT2D eigenvalue weighted by molar-refractivity contribution is -0.157. The van der Waals surface area contributed by atoms with Crippen molar-refractivity contribution >= 4 is 53.2 Å². The number of esters is 2. The van der Waals surface area contributed by atoms with Crippen LogP contribution in [0.1, 0.15) is 75.3 Å². The molecule has 4 heterocycles. The number of benzene rings is 2. The standard InChI is InChI=1S/C43H58N4O9S2/c1-54-31-19-15-28(16-20-31)26-30(39(49)45-33-22-24-58-37-14-8-12-35(43(53)56-3)47(37)41(33)51)18-17-29(25-27-9-5-4-6-10-27)38(48)44-32-21-23-57-36-13-7-11-34(42(52)55-2)46(36)40(32)50/h4-6,9-10,15-16,19-20,29-30,32-37,40,50H,7-8,11-14,17-18,21-26H2,1-3H3,(H,44,48)(H,45,49). The van der Waals surface area contributed by atoms with Crippen molar-refractivity contribution in [1.29, 1.82) is 0 Å². The molecule has 4 aliphatic heterocycles. The molecule has 13 nitrogen and oxygen atoms in total. The Morgan fingerprint density at radius 3 is 1.95 bits per heavy atom. The van der Waals surface area contributed by atoms with Gasteiger partial charge >= 0.3 is 11.9 Å². The molecule has 4 aliphatic rings. The van der Waals surface area contributed by atoms with E-state index in [-0.39, 0.29) is 34.4 Å². The first-order chi connectivity index (χ1) is 28.1. The number of hydrogen-bond donors (Lipinski definition) is 3. The van der Waals surface area contributed by atoms with E-state index in [0.717, 1.165) is 36.8 Å². The molecule has 4 fully saturated rings.